The molecule has 4 heteroatoms. The Morgan fingerprint density at radius 3 is 2.76 bits per heavy atom. The molecule has 1 rings (SSSR count). The van der Waals surface area contributed by atoms with Crippen LogP contribution in [0.2, 0.25) is 0 Å². The highest BCUT2D eigenvalue weighted by atomic mass is 16.5. The van der Waals surface area contributed by atoms with Crippen LogP contribution in [0.4, 0.5) is 0 Å². The lowest BCUT2D eigenvalue weighted by Gasteiger charge is -2.20. The Morgan fingerprint density at radius 2 is 2.18 bits per heavy atom. The van der Waals surface area contributed by atoms with Gasteiger partial charge >= 0.3 is 0 Å². The molecule has 0 aliphatic carbocycles. The fourth-order valence-electron chi connectivity index (χ4n) is 1.73. The number of hydrogen-bond acceptors (Lipinski definition) is 3. The van der Waals surface area contributed by atoms with Gasteiger partial charge in [-0.05, 0) is 33.7 Å². The highest BCUT2D eigenvalue weighted by molar-refractivity contribution is 4.99. The molecule has 0 aliphatic rings. The number of ether oxygens (including phenoxy) is 1. The number of hydrogen-bond donors (Lipinski definition) is 1. The van der Waals surface area contributed by atoms with Crippen molar-refractivity contribution in [2.75, 3.05) is 13.2 Å². The highest BCUT2D eigenvalue weighted by Gasteiger charge is 2.16. The molecule has 0 amide bonds. The number of aromatic nitrogens is 2. The monoisotopic (exact) mass is 239 g/mol. The molecule has 0 saturated heterocycles. The van der Waals surface area contributed by atoms with Crippen LogP contribution in [0.5, 0.6) is 0 Å². The molecule has 0 fully saturated rings. The third kappa shape index (κ3) is 4.48. The lowest BCUT2D eigenvalue weighted by atomic mass is 10.2. The van der Waals surface area contributed by atoms with E-state index < -0.39 is 0 Å². The van der Waals surface area contributed by atoms with Crippen molar-refractivity contribution in [1.82, 2.24) is 14.9 Å². The van der Waals surface area contributed by atoms with Gasteiger partial charge in [0.1, 0.15) is 5.82 Å². The molecule has 1 N–H and O–H groups in total. The third-order valence-electron chi connectivity index (χ3n) is 2.64. The summed E-state index contributed by atoms with van der Waals surface area (Å²) in [4.78, 5) is 4.44. The summed E-state index contributed by atoms with van der Waals surface area (Å²) in [6, 6.07) is 0.187. The van der Waals surface area contributed by atoms with Gasteiger partial charge in [0.25, 0.3) is 0 Å². The minimum absolute atomic E-state index is 0.187. The van der Waals surface area contributed by atoms with Crippen LogP contribution in [-0.4, -0.2) is 28.8 Å². The maximum atomic E-state index is 5.71. The van der Waals surface area contributed by atoms with Crippen molar-refractivity contribution in [3.05, 3.63) is 18.2 Å². The van der Waals surface area contributed by atoms with Crippen LogP contribution in [0.15, 0.2) is 12.4 Å². The molecule has 0 radical (unpaired) electrons. The van der Waals surface area contributed by atoms with Gasteiger partial charge in [-0.15, -0.1) is 0 Å². The van der Waals surface area contributed by atoms with E-state index in [0.717, 1.165) is 25.3 Å². The lowest BCUT2D eigenvalue weighted by Crippen LogP contribution is -2.30. The van der Waals surface area contributed by atoms with E-state index in [0.29, 0.717) is 6.61 Å². The zero-order valence-electron chi connectivity index (χ0n) is 11.4. The number of aryl methyl sites for hydroxylation is 1. The average molecular weight is 239 g/mol. The fourth-order valence-corrected chi connectivity index (χ4v) is 1.73. The summed E-state index contributed by atoms with van der Waals surface area (Å²) in [5.74, 6) is 1.07. The molecule has 1 heterocycles. The van der Waals surface area contributed by atoms with Crippen molar-refractivity contribution in [3.8, 4) is 0 Å². The predicted molar refractivity (Wildman–Crippen MR) is 70.0 cm³/mol. The molecule has 1 unspecified atom stereocenters. The second-order valence-corrected chi connectivity index (χ2v) is 4.46. The van der Waals surface area contributed by atoms with Crippen molar-refractivity contribution >= 4 is 0 Å². The van der Waals surface area contributed by atoms with Crippen LogP contribution < -0.4 is 5.32 Å². The summed E-state index contributed by atoms with van der Waals surface area (Å²) >= 11 is 0. The van der Waals surface area contributed by atoms with Crippen molar-refractivity contribution in [3.63, 3.8) is 0 Å². The first kappa shape index (κ1) is 14.2. The maximum Gasteiger partial charge on any atom is 0.128 e. The smallest absolute Gasteiger partial charge is 0.128 e. The summed E-state index contributed by atoms with van der Waals surface area (Å²) in [6.07, 6.45) is 5.25. The van der Waals surface area contributed by atoms with E-state index in [9.17, 15) is 0 Å². The Morgan fingerprint density at radius 1 is 1.41 bits per heavy atom. The molecule has 0 saturated carbocycles. The summed E-state index contributed by atoms with van der Waals surface area (Å²) < 4.78 is 7.87. The summed E-state index contributed by atoms with van der Waals surface area (Å²) in [6.45, 7) is 11.0. The minimum Gasteiger partial charge on any atom is -0.377 e. The van der Waals surface area contributed by atoms with E-state index in [1.165, 1.54) is 0 Å². The van der Waals surface area contributed by atoms with E-state index in [1.54, 1.807) is 0 Å². The quantitative estimate of drug-likeness (QED) is 0.757. The Kier molecular flexibility index (Phi) is 6.22. The van der Waals surface area contributed by atoms with Crippen LogP contribution in [0.3, 0.4) is 0 Å². The second kappa shape index (κ2) is 7.45. The summed E-state index contributed by atoms with van der Waals surface area (Å²) in [5.41, 5.74) is 0. The van der Waals surface area contributed by atoms with Gasteiger partial charge in [-0.25, -0.2) is 4.98 Å². The largest absolute Gasteiger partial charge is 0.377 e. The maximum absolute atomic E-state index is 5.71. The first-order valence-corrected chi connectivity index (χ1v) is 6.55. The van der Waals surface area contributed by atoms with E-state index in [2.05, 4.69) is 42.6 Å². The number of nitrogens with one attached hydrogen (secondary N) is 1. The molecule has 0 aromatic carbocycles. The average Bonchev–Trinajstić information content (AvgIpc) is 2.77. The van der Waals surface area contributed by atoms with E-state index in [1.807, 2.05) is 12.4 Å². The Hall–Kier alpha value is -0.870. The zero-order chi connectivity index (χ0) is 12.7. The lowest BCUT2D eigenvalue weighted by molar-refractivity contribution is 0.0588. The molecular weight excluding hydrogens is 214 g/mol. The van der Waals surface area contributed by atoms with E-state index in [4.69, 9.17) is 4.74 Å². The molecule has 17 heavy (non-hydrogen) atoms. The van der Waals surface area contributed by atoms with Crippen molar-refractivity contribution in [2.24, 2.45) is 0 Å². The van der Waals surface area contributed by atoms with Gasteiger partial charge in [-0.1, -0.05) is 6.92 Å². The van der Waals surface area contributed by atoms with Crippen molar-refractivity contribution < 1.29 is 4.74 Å². The first-order chi connectivity index (χ1) is 8.19. The van der Waals surface area contributed by atoms with Gasteiger partial charge in [0.05, 0.1) is 18.8 Å². The molecule has 1 aromatic rings. The predicted octanol–water partition coefficient (Wildman–Crippen LogP) is 2.37. The van der Waals surface area contributed by atoms with Gasteiger partial charge in [-0.2, -0.15) is 0 Å². The molecule has 0 aliphatic heterocycles. The van der Waals surface area contributed by atoms with Crippen LogP contribution in [0.25, 0.3) is 0 Å². The van der Waals surface area contributed by atoms with Crippen LogP contribution in [-0.2, 0) is 11.3 Å². The zero-order valence-corrected chi connectivity index (χ0v) is 11.4. The van der Waals surface area contributed by atoms with Crippen LogP contribution >= 0.6 is 0 Å². The van der Waals surface area contributed by atoms with Crippen LogP contribution in [0.1, 0.15) is 46.0 Å². The molecule has 4 nitrogen and oxygen atoms in total. The van der Waals surface area contributed by atoms with Crippen LogP contribution in [0, 0.1) is 0 Å². The Labute approximate surface area is 104 Å². The molecular formula is C13H25N3O. The topological polar surface area (TPSA) is 39.1 Å². The fraction of sp³-hybridized carbons (Fsp3) is 0.769. The third-order valence-corrected chi connectivity index (χ3v) is 2.64. The Balaban J connectivity index is 2.67. The van der Waals surface area contributed by atoms with Gasteiger partial charge in [0.2, 0.25) is 0 Å². The van der Waals surface area contributed by atoms with E-state index in [-0.39, 0.29) is 12.1 Å². The number of nitrogens with zero attached hydrogens (tertiary/aromatic N) is 2. The Bertz CT molecular complexity index is 309. The van der Waals surface area contributed by atoms with Gasteiger partial charge in [-0.3, -0.25) is 0 Å². The van der Waals surface area contributed by atoms with Gasteiger partial charge in [0, 0.05) is 18.9 Å². The summed E-state index contributed by atoms with van der Waals surface area (Å²) in [7, 11) is 0. The minimum atomic E-state index is 0.187. The van der Waals surface area contributed by atoms with Gasteiger partial charge in [0.15, 0.2) is 0 Å². The molecule has 0 bridgehead atoms. The molecule has 0 spiro atoms. The highest BCUT2D eigenvalue weighted by Crippen LogP contribution is 2.12. The SMILES string of the molecule is CCCNC(COC(C)C)c1nccn1CC. The van der Waals surface area contributed by atoms with E-state index >= 15 is 0 Å². The molecule has 98 valence electrons. The number of rotatable bonds is 8. The van der Waals surface area contributed by atoms with Crippen molar-refractivity contribution in [2.45, 2.75) is 52.8 Å². The molecule has 1 atom stereocenters. The summed E-state index contributed by atoms with van der Waals surface area (Å²) in [5, 5.41) is 3.49. The molecule has 1 aromatic heterocycles. The standard InChI is InChI=1S/C13H25N3O/c1-5-7-14-12(10-17-11(3)4)13-15-8-9-16(13)6-2/h8-9,11-12,14H,5-7,10H2,1-4H3. The van der Waals surface area contributed by atoms with Crippen molar-refractivity contribution in [1.29, 1.82) is 0 Å². The normalized spacial score (nSPS) is 13.2. The van der Waals surface area contributed by atoms with Gasteiger partial charge < -0.3 is 14.6 Å². The number of imidazole rings is 1. The first-order valence-electron chi connectivity index (χ1n) is 6.55. The second-order valence-electron chi connectivity index (χ2n) is 4.46.